The molecule has 1 aliphatic heterocycles. The number of hydrogen-bond donors (Lipinski definition) is 3. The zero-order chi connectivity index (χ0) is 26.9. The van der Waals surface area contributed by atoms with Gasteiger partial charge in [0, 0.05) is 5.02 Å². The van der Waals surface area contributed by atoms with Crippen molar-refractivity contribution < 1.29 is 39.1 Å². The summed E-state index contributed by atoms with van der Waals surface area (Å²) in [6.07, 6.45) is 0. The van der Waals surface area contributed by atoms with Crippen LogP contribution >= 0.6 is 11.6 Å². The fraction of sp³-hybridized carbons (Fsp3) is 0.185. The van der Waals surface area contributed by atoms with E-state index in [2.05, 4.69) is 0 Å². The summed E-state index contributed by atoms with van der Waals surface area (Å²) in [6.45, 7) is 1.97. The number of halogens is 1. The third-order valence-electron chi connectivity index (χ3n) is 5.91. The number of aliphatic hydroxyl groups excluding tert-OH is 1. The molecule has 3 aromatic carbocycles. The van der Waals surface area contributed by atoms with Crippen molar-refractivity contribution in [1.82, 2.24) is 0 Å². The molecule has 192 valence electrons. The van der Waals surface area contributed by atoms with Crippen LogP contribution in [0.1, 0.15) is 24.1 Å². The molecule has 1 atom stereocenters. The average Bonchev–Trinajstić information content (AvgIpc) is 3.16. The van der Waals surface area contributed by atoms with E-state index in [4.69, 9.17) is 25.8 Å². The van der Waals surface area contributed by atoms with E-state index in [9.17, 15) is 24.9 Å². The molecular formula is C27H24ClNO8. The highest BCUT2D eigenvalue weighted by Crippen LogP contribution is 2.48. The molecule has 4 rings (SSSR count). The van der Waals surface area contributed by atoms with Crippen molar-refractivity contribution >= 4 is 34.7 Å². The van der Waals surface area contributed by atoms with Gasteiger partial charge in [-0.15, -0.1) is 0 Å². The van der Waals surface area contributed by atoms with Crippen LogP contribution in [0.2, 0.25) is 5.02 Å². The van der Waals surface area contributed by atoms with Gasteiger partial charge >= 0.3 is 0 Å². The molecule has 0 radical (unpaired) electrons. The van der Waals surface area contributed by atoms with Gasteiger partial charge in [0.25, 0.3) is 11.7 Å². The van der Waals surface area contributed by atoms with Crippen LogP contribution in [-0.2, 0) is 9.59 Å². The molecule has 0 saturated carbocycles. The Balaban J connectivity index is 2.06. The van der Waals surface area contributed by atoms with E-state index in [1.54, 1.807) is 25.1 Å². The summed E-state index contributed by atoms with van der Waals surface area (Å²) in [5.74, 6) is -2.52. The van der Waals surface area contributed by atoms with E-state index in [0.717, 1.165) is 4.90 Å². The van der Waals surface area contributed by atoms with Crippen LogP contribution < -0.4 is 19.1 Å². The first-order chi connectivity index (χ1) is 17.7. The number of rotatable bonds is 7. The predicted molar refractivity (Wildman–Crippen MR) is 137 cm³/mol. The van der Waals surface area contributed by atoms with Crippen molar-refractivity contribution in [3.8, 4) is 28.7 Å². The zero-order valence-corrected chi connectivity index (χ0v) is 20.9. The molecule has 1 unspecified atom stereocenters. The predicted octanol–water partition coefficient (Wildman–Crippen LogP) is 4.79. The SMILES string of the molecule is CCOc1cc(C2/C(=C(\O)c3c(OC)cccc3OC)C(=O)C(=O)N2c2cc(Cl)ccc2O)ccc1O. The van der Waals surface area contributed by atoms with Crippen LogP contribution in [0.5, 0.6) is 28.7 Å². The monoisotopic (exact) mass is 525 g/mol. The first kappa shape index (κ1) is 25.7. The van der Waals surface area contributed by atoms with Gasteiger partial charge in [0.1, 0.15) is 28.6 Å². The van der Waals surface area contributed by atoms with Crippen LogP contribution in [0.15, 0.2) is 60.2 Å². The van der Waals surface area contributed by atoms with Gasteiger partial charge in [0.05, 0.1) is 38.1 Å². The Labute approximate surface area is 217 Å². The third kappa shape index (κ3) is 4.49. The number of benzene rings is 3. The second kappa shape index (κ2) is 10.3. The zero-order valence-electron chi connectivity index (χ0n) is 20.2. The molecule has 0 spiro atoms. The summed E-state index contributed by atoms with van der Waals surface area (Å²) in [7, 11) is 2.78. The lowest BCUT2D eigenvalue weighted by atomic mass is 9.94. The number of anilines is 1. The van der Waals surface area contributed by atoms with Gasteiger partial charge in [0.15, 0.2) is 11.5 Å². The molecule has 0 aliphatic carbocycles. The number of carbonyl (C=O) groups is 2. The Bertz CT molecular complexity index is 1400. The molecule has 3 N–H and O–H groups in total. The third-order valence-corrected chi connectivity index (χ3v) is 6.14. The van der Waals surface area contributed by atoms with Crippen LogP contribution in [0.25, 0.3) is 5.76 Å². The van der Waals surface area contributed by atoms with Crippen LogP contribution in [0, 0.1) is 0 Å². The summed E-state index contributed by atoms with van der Waals surface area (Å²) in [4.78, 5) is 27.9. The van der Waals surface area contributed by atoms with Gasteiger partial charge in [-0.2, -0.15) is 0 Å². The smallest absolute Gasteiger partial charge is 0.300 e. The molecule has 1 aliphatic rings. The van der Waals surface area contributed by atoms with Gasteiger partial charge in [-0.25, -0.2) is 0 Å². The molecule has 1 heterocycles. The van der Waals surface area contributed by atoms with E-state index in [0.29, 0.717) is 5.56 Å². The summed E-state index contributed by atoms with van der Waals surface area (Å²) in [5.41, 5.74) is 0.0434. The lowest BCUT2D eigenvalue weighted by Crippen LogP contribution is -2.29. The number of ether oxygens (including phenoxy) is 3. The van der Waals surface area contributed by atoms with E-state index >= 15 is 0 Å². The van der Waals surface area contributed by atoms with Gasteiger partial charge < -0.3 is 29.5 Å². The number of aliphatic hydroxyl groups is 1. The number of amides is 1. The number of hydrogen-bond acceptors (Lipinski definition) is 8. The molecule has 1 fully saturated rings. The van der Waals surface area contributed by atoms with Crippen LogP contribution in [0.4, 0.5) is 5.69 Å². The topological polar surface area (TPSA) is 126 Å². The maximum absolute atomic E-state index is 13.5. The molecule has 10 heteroatoms. The Morgan fingerprint density at radius 2 is 1.59 bits per heavy atom. The number of nitrogens with zero attached hydrogens (tertiary/aromatic N) is 1. The van der Waals surface area contributed by atoms with Crippen molar-refractivity contribution in [3.63, 3.8) is 0 Å². The first-order valence-corrected chi connectivity index (χ1v) is 11.6. The number of phenolic OH excluding ortho intramolecular Hbond substituents is 2. The van der Waals surface area contributed by atoms with E-state index in [-0.39, 0.29) is 57.2 Å². The number of phenols is 2. The number of ketones is 1. The van der Waals surface area contributed by atoms with Gasteiger partial charge in [-0.1, -0.05) is 23.7 Å². The minimum atomic E-state index is -1.24. The lowest BCUT2D eigenvalue weighted by molar-refractivity contribution is -0.132. The van der Waals surface area contributed by atoms with Crippen molar-refractivity contribution in [2.75, 3.05) is 25.7 Å². The summed E-state index contributed by atoms with van der Waals surface area (Å²) < 4.78 is 16.3. The lowest BCUT2D eigenvalue weighted by Gasteiger charge is -2.27. The molecule has 0 bridgehead atoms. The number of Topliss-reactive ketones (excluding diaryl/α,β-unsaturated/α-hetero) is 1. The van der Waals surface area contributed by atoms with Gasteiger partial charge in [-0.3, -0.25) is 14.5 Å². The Morgan fingerprint density at radius 3 is 2.22 bits per heavy atom. The number of methoxy groups -OCH3 is 2. The number of aromatic hydroxyl groups is 2. The quantitative estimate of drug-likeness (QED) is 0.228. The minimum absolute atomic E-state index is 0.0447. The number of carbonyl (C=O) groups excluding carboxylic acids is 2. The Morgan fingerprint density at radius 1 is 0.946 bits per heavy atom. The maximum Gasteiger partial charge on any atom is 0.300 e. The first-order valence-electron chi connectivity index (χ1n) is 11.2. The largest absolute Gasteiger partial charge is 0.506 e. The summed E-state index contributed by atoms with van der Waals surface area (Å²) in [6, 6.07) is 11.9. The molecule has 37 heavy (non-hydrogen) atoms. The molecular weight excluding hydrogens is 502 g/mol. The van der Waals surface area contributed by atoms with Crippen LogP contribution in [-0.4, -0.2) is 47.8 Å². The highest BCUT2D eigenvalue weighted by molar-refractivity contribution is 6.52. The maximum atomic E-state index is 13.5. The van der Waals surface area contributed by atoms with Crippen molar-refractivity contribution in [2.45, 2.75) is 13.0 Å². The second-order valence-electron chi connectivity index (χ2n) is 8.00. The summed E-state index contributed by atoms with van der Waals surface area (Å²) in [5, 5.41) is 32.6. The summed E-state index contributed by atoms with van der Waals surface area (Å²) >= 11 is 6.15. The van der Waals surface area contributed by atoms with E-state index in [1.165, 1.54) is 50.6 Å². The molecule has 3 aromatic rings. The van der Waals surface area contributed by atoms with E-state index in [1.807, 2.05) is 0 Å². The van der Waals surface area contributed by atoms with Gasteiger partial charge in [-0.05, 0) is 55.0 Å². The average molecular weight is 526 g/mol. The van der Waals surface area contributed by atoms with Crippen molar-refractivity contribution in [2.24, 2.45) is 0 Å². The molecule has 0 aromatic heterocycles. The standard InChI is InChI=1S/C27H24ClNO8/c1-4-37-21-12-14(8-10-18(21)31)24-23(25(32)22-19(35-2)6-5-7-20(22)36-3)26(33)27(34)29(24)16-13-15(28)9-11-17(16)30/h5-13,24,30-32H,4H2,1-3H3/b25-23+. The fourth-order valence-corrected chi connectivity index (χ4v) is 4.44. The van der Waals surface area contributed by atoms with Crippen LogP contribution in [0.3, 0.4) is 0 Å². The molecule has 9 nitrogen and oxygen atoms in total. The van der Waals surface area contributed by atoms with Crippen molar-refractivity contribution in [3.05, 3.63) is 76.3 Å². The Kier molecular flexibility index (Phi) is 7.17. The van der Waals surface area contributed by atoms with E-state index < -0.39 is 23.5 Å². The normalized spacial score (nSPS) is 16.6. The fourth-order valence-electron chi connectivity index (χ4n) is 4.28. The Hall–Kier alpha value is -4.37. The minimum Gasteiger partial charge on any atom is -0.506 e. The highest BCUT2D eigenvalue weighted by Gasteiger charge is 2.48. The second-order valence-corrected chi connectivity index (χ2v) is 8.44. The van der Waals surface area contributed by atoms with Gasteiger partial charge in [0.2, 0.25) is 0 Å². The highest BCUT2D eigenvalue weighted by atomic mass is 35.5. The molecule has 1 saturated heterocycles. The van der Waals surface area contributed by atoms with Crippen molar-refractivity contribution in [1.29, 1.82) is 0 Å². The molecule has 1 amide bonds.